The van der Waals surface area contributed by atoms with Crippen molar-refractivity contribution < 1.29 is 9.47 Å². The monoisotopic (exact) mass is 249 g/mol. The molecular formula is C15H23NO2. The zero-order valence-electron chi connectivity index (χ0n) is 11.3. The molecule has 1 aliphatic rings. The van der Waals surface area contributed by atoms with Gasteiger partial charge in [-0.1, -0.05) is 38.1 Å². The molecule has 0 amide bonds. The Kier molecular flexibility index (Phi) is 5.17. The molecule has 1 aromatic rings. The van der Waals surface area contributed by atoms with Crippen LogP contribution in [0, 0.1) is 0 Å². The van der Waals surface area contributed by atoms with Gasteiger partial charge in [-0.2, -0.15) is 0 Å². The predicted molar refractivity (Wildman–Crippen MR) is 72.8 cm³/mol. The van der Waals surface area contributed by atoms with E-state index >= 15 is 0 Å². The summed E-state index contributed by atoms with van der Waals surface area (Å²) in [5.41, 5.74) is 2.68. The average Bonchev–Trinajstić information content (AvgIpc) is 2.36. The molecule has 0 aliphatic carbocycles. The van der Waals surface area contributed by atoms with E-state index in [0.717, 1.165) is 26.2 Å². The van der Waals surface area contributed by atoms with Crippen LogP contribution in [0.2, 0.25) is 0 Å². The van der Waals surface area contributed by atoms with E-state index in [2.05, 4.69) is 43.4 Å². The smallest absolute Gasteiger partial charge is 0.104 e. The summed E-state index contributed by atoms with van der Waals surface area (Å²) in [6.45, 7) is 7.45. The first-order valence-corrected chi connectivity index (χ1v) is 6.85. The third kappa shape index (κ3) is 3.55. The Morgan fingerprint density at radius 3 is 2.50 bits per heavy atom. The third-order valence-electron chi connectivity index (χ3n) is 3.35. The lowest BCUT2D eigenvalue weighted by Crippen LogP contribution is -2.38. The molecule has 1 N–H and O–H groups in total. The summed E-state index contributed by atoms with van der Waals surface area (Å²) in [7, 11) is 0. The van der Waals surface area contributed by atoms with Crippen molar-refractivity contribution in [2.75, 3.05) is 26.4 Å². The quantitative estimate of drug-likeness (QED) is 0.804. The number of rotatable bonds is 7. The molecule has 1 saturated heterocycles. The Bertz CT molecular complexity index is 346. The minimum atomic E-state index is 0.279. The van der Waals surface area contributed by atoms with Gasteiger partial charge < -0.3 is 14.8 Å². The fourth-order valence-electron chi connectivity index (χ4n) is 2.05. The van der Waals surface area contributed by atoms with Crippen molar-refractivity contribution in [3.63, 3.8) is 0 Å². The van der Waals surface area contributed by atoms with Crippen molar-refractivity contribution in [2.24, 2.45) is 0 Å². The molecule has 2 rings (SSSR count). The fraction of sp³-hybridized carbons (Fsp3) is 0.600. The van der Waals surface area contributed by atoms with E-state index in [0.29, 0.717) is 12.7 Å². The third-order valence-corrected chi connectivity index (χ3v) is 3.35. The van der Waals surface area contributed by atoms with Crippen molar-refractivity contribution in [2.45, 2.75) is 32.4 Å². The summed E-state index contributed by atoms with van der Waals surface area (Å²) in [4.78, 5) is 0. The van der Waals surface area contributed by atoms with Gasteiger partial charge in [0.15, 0.2) is 0 Å². The van der Waals surface area contributed by atoms with Gasteiger partial charge in [-0.15, -0.1) is 0 Å². The Morgan fingerprint density at radius 2 is 2.00 bits per heavy atom. The summed E-state index contributed by atoms with van der Waals surface area (Å²) in [6.07, 6.45) is 1.38. The van der Waals surface area contributed by atoms with Crippen molar-refractivity contribution >= 4 is 0 Å². The molecule has 0 spiro atoms. The molecule has 1 fully saturated rings. The predicted octanol–water partition coefficient (Wildman–Crippen LogP) is 2.32. The van der Waals surface area contributed by atoms with E-state index in [1.54, 1.807) is 0 Å². The topological polar surface area (TPSA) is 30.5 Å². The normalized spacial score (nSPS) is 17.4. The van der Waals surface area contributed by atoms with Gasteiger partial charge in [0, 0.05) is 0 Å². The minimum Gasteiger partial charge on any atom is -0.376 e. The number of benzene rings is 1. The summed E-state index contributed by atoms with van der Waals surface area (Å²) in [6, 6.07) is 9.08. The largest absolute Gasteiger partial charge is 0.376 e. The van der Waals surface area contributed by atoms with Gasteiger partial charge >= 0.3 is 0 Å². The highest BCUT2D eigenvalue weighted by molar-refractivity contribution is 5.25. The molecule has 0 saturated carbocycles. The van der Waals surface area contributed by atoms with Gasteiger partial charge in [0.1, 0.15) is 6.10 Å². The SMILES string of the molecule is CCNC(COC1COC1)c1ccc(CC)cc1. The first-order valence-electron chi connectivity index (χ1n) is 6.85. The van der Waals surface area contributed by atoms with Gasteiger partial charge in [0.2, 0.25) is 0 Å². The van der Waals surface area contributed by atoms with Gasteiger partial charge in [-0.05, 0) is 24.1 Å². The minimum absolute atomic E-state index is 0.279. The van der Waals surface area contributed by atoms with Crippen LogP contribution in [0.1, 0.15) is 31.0 Å². The van der Waals surface area contributed by atoms with Crippen molar-refractivity contribution in [1.29, 1.82) is 0 Å². The van der Waals surface area contributed by atoms with Gasteiger partial charge in [-0.3, -0.25) is 0 Å². The molecule has 1 aromatic carbocycles. The standard InChI is InChI=1S/C15H23NO2/c1-3-12-5-7-13(8-6-12)15(16-4-2)11-18-14-9-17-10-14/h5-8,14-16H,3-4,9-11H2,1-2H3. The zero-order valence-corrected chi connectivity index (χ0v) is 11.3. The number of ether oxygens (including phenoxy) is 2. The molecule has 1 unspecified atom stereocenters. The second-order valence-corrected chi connectivity index (χ2v) is 4.70. The Morgan fingerprint density at radius 1 is 1.28 bits per heavy atom. The Balaban J connectivity index is 1.93. The summed E-state index contributed by atoms with van der Waals surface area (Å²) < 4.78 is 10.9. The molecule has 18 heavy (non-hydrogen) atoms. The molecule has 1 atom stereocenters. The number of hydrogen-bond acceptors (Lipinski definition) is 3. The number of aryl methyl sites for hydroxylation is 1. The van der Waals surface area contributed by atoms with E-state index < -0.39 is 0 Å². The summed E-state index contributed by atoms with van der Waals surface area (Å²) >= 11 is 0. The fourth-order valence-corrected chi connectivity index (χ4v) is 2.05. The van der Waals surface area contributed by atoms with Crippen LogP contribution in [0.25, 0.3) is 0 Å². The molecule has 0 bridgehead atoms. The van der Waals surface area contributed by atoms with Crippen LogP contribution >= 0.6 is 0 Å². The molecule has 1 aliphatic heterocycles. The average molecular weight is 249 g/mol. The van der Waals surface area contributed by atoms with Crippen LogP contribution in [-0.2, 0) is 15.9 Å². The maximum atomic E-state index is 5.82. The molecule has 3 nitrogen and oxygen atoms in total. The lowest BCUT2D eigenvalue weighted by atomic mass is 10.0. The Labute approximate surface area is 109 Å². The highest BCUT2D eigenvalue weighted by Gasteiger charge is 2.21. The first-order chi connectivity index (χ1) is 8.83. The first kappa shape index (κ1) is 13.5. The number of likely N-dealkylation sites (N-methyl/N-ethyl adjacent to an activating group) is 1. The van der Waals surface area contributed by atoms with Crippen LogP contribution in [0.3, 0.4) is 0 Å². The van der Waals surface area contributed by atoms with Crippen LogP contribution in [0.5, 0.6) is 0 Å². The highest BCUT2D eigenvalue weighted by Crippen LogP contribution is 2.17. The van der Waals surface area contributed by atoms with E-state index in [9.17, 15) is 0 Å². The van der Waals surface area contributed by atoms with E-state index in [1.807, 2.05) is 0 Å². The summed E-state index contributed by atoms with van der Waals surface area (Å²) in [5.74, 6) is 0. The highest BCUT2D eigenvalue weighted by atomic mass is 16.6. The van der Waals surface area contributed by atoms with Crippen molar-refractivity contribution in [3.8, 4) is 0 Å². The number of nitrogens with one attached hydrogen (secondary N) is 1. The maximum Gasteiger partial charge on any atom is 0.104 e. The zero-order chi connectivity index (χ0) is 12.8. The van der Waals surface area contributed by atoms with E-state index in [-0.39, 0.29) is 6.04 Å². The van der Waals surface area contributed by atoms with Gasteiger partial charge in [-0.25, -0.2) is 0 Å². The van der Waals surface area contributed by atoms with E-state index in [4.69, 9.17) is 9.47 Å². The maximum absolute atomic E-state index is 5.82. The lowest BCUT2D eigenvalue weighted by Gasteiger charge is -2.28. The Hall–Kier alpha value is -0.900. The van der Waals surface area contributed by atoms with E-state index in [1.165, 1.54) is 11.1 Å². The lowest BCUT2D eigenvalue weighted by molar-refractivity contribution is -0.133. The molecule has 0 radical (unpaired) electrons. The molecule has 1 heterocycles. The molecular weight excluding hydrogens is 226 g/mol. The van der Waals surface area contributed by atoms with Crippen LogP contribution < -0.4 is 5.32 Å². The van der Waals surface area contributed by atoms with Crippen molar-refractivity contribution in [1.82, 2.24) is 5.32 Å². The molecule has 0 aromatic heterocycles. The van der Waals surface area contributed by atoms with Crippen LogP contribution in [0.4, 0.5) is 0 Å². The van der Waals surface area contributed by atoms with Gasteiger partial charge in [0.05, 0.1) is 25.9 Å². The second-order valence-electron chi connectivity index (χ2n) is 4.70. The van der Waals surface area contributed by atoms with Crippen LogP contribution in [-0.4, -0.2) is 32.5 Å². The summed E-state index contributed by atoms with van der Waals surface area (Å²) in [5, 5.41) is 3.47. The second kappa shape index (κ2) is 6.88. The number of hydrogen-bond donors (Lipinski definition) is 1. The molecule has 3 heteroatoms. The van der Waals surface area contributed by atoms with Gasteiger partial charge in [0.25, 0.3) is 0 Å². The van der Waals surface area contributed by atoms with Crippen LogP contribution in [0.15, 0.2) is 24.3 Å². The molecule has 100 valence electrons. The van der Waals surface area contributed by atoms with Crippen molar-refractivity contribution in [3.05, 3.63) is 35.4 Å².